The molecule has 1 saturated heterocycles. The van der Waals surface area contributed by atoms with Crippen LogP contribution in [0.3, 0.4) is 0 Å². The van der Waals surface area contributed by atoms with E-state index in [1.165, 1.54) is 19.1 Å². The van der Waals surface area contributed by atoms with Gasteiger partial charge in [-0.2, -0.15) is 8.42 Å². The summed E-state index contributed by atoms with van der Waals surface area (Å²) < 4.78 is 38.2. The number of nitrogens with one attached hydrogen (secondary N) is 1. The number of hydrogen-bond donors (Lipinski definition) is 2. The van der Waals surface area contributed by atoms with Crippen molar-refractivity contribution in [3.63, 3.8) is 0 Å². The highest BCUT2D eigenvalue weighted by Gasteiger charge is 2.35. The van der Waals surface area contributed by atoms with Gasteiger partial charge in [-0.05, 0) is 53.4 Å². The number of ether oxygens (including phenoxy) is 1. The summed E-state index contributed by atoms with van der Waals surface area (Å²) in [6, 6.07) is 9.42. The number of imide groups is 1. The molecule has 0 aromatic heterocycles. The number of ketones is 1. The lowest BCUT2D eigenvalue weighted by molar-refractivity contribution is -0.177. The molecule has 37 heavy (non-hydrogen) atoms. The van der Waals surface area contributed by atoms with Crippen LogP contribution in [0.1, 0.15) is 49.7 Å². The Morgan fingerprint density at radius 3 is 2.30 bits per heavy atom. The summed E-state index contributed by atoms with van der Waals surface area (Å²) in [4.78, 5) is 51.8. The molecule has 0 spiro atoms. The van der Waals surface area contributed by atoms with Gasteiger partial charge in [-0.3, -0.25) is 19.0 Å². The van der Waals surface area contributed by atoms with Gasteiger partial charge in [0.2, 0.25) is 0 Å². The van der Waals surface area contributed by atoms with E-state index >= 15 is 0 Å². The molecular weight excluding hydrogens is 524 g/mol. The Morgan fingerprint density at radius 2 is 1.68 bits per heavy atom. The van der Waals surface area contributed by atoms with Gasteiger partial charge in [0.25, 0.3) is 21.9 Å². The van der Waals surface area contributed by atoms with Crippen molar-refractivity contribution >= 4 is 56.8 Å². The summed E-state index contributed by atoms with van der Waals surface area (Å²) in [5.41, 5.74) is 3.16. The maximum atomic E-state index is 12.3. The molecule has 194 valence electrons. The largest absolute Gasteiger partial charge is 0.533 e. The second kappa shape index (κ2) is 10.4. The zero-order chi connectivity index (χ0) is 26.9. The summed E-state index contributed by atoms with van der Waals surface area (Å²) in [5, 5.41) is 3.42. The minimum atomic E-state index is -4.50. The minimum Gasteiger partial charge on any atom is -0.432 e. The van der Waals surface area contributed by atoms with Crippen molar-refractivity contribution in [1.29, 1.82) is 0 Å². The molecule has 1 aliphatic carbocycles. The molecule has 0 saturated carbocycles. The molecule has 1 heterocycles. The second-order valence-corrected chi connectivity index (χ2v) is 10.5. The number of Topliss-reactive ketones (excluding diaryl/α,β-unsaturated/α-hetero) is 1. The van der Waals surface area contributed by atoms with Gasteiger partial charge in [0.05, 0.1) is 9.88 Å². The van der Waals surface area contributed by atoms with Crippen LogP contribution in [-0.2, 0) is 34.1 Å². The molecule has 11 nitrogen and oxygen atoms in total. The third kappa shape index (κ3) is 5.84. The number of thiocarbonyl (C=S) groups is 1. The highest BCUT2D eigenvalue weighted by atomic mass is 32.2. The number of carbonyl (C=O) groups is 4. The van der Waals surface area contributed by atoms with Crippen molar-refractivity contribution < 1.29 is 41.7 Å². The van der Waals surface area contributed by atoms with Gasteiger partial charge in [0.15, 0.2) is 0 Å². The monoisotopic (exact) mass is 546 g/mol. The summed E-state index contributed by atoms with van der Waals surface area (Å²) in [5.74, 6) is -1.98. The average Bonchev–Trinajstić information content (AvgIpc) is 3.31. The van der Waals surface area contributed by atoms with Crippen LogP contribution >= 0.6 is 12.2 Å². The van der Waals surface area contributed by atoms with Gasteiger partial charge in [-0.15, -0.1) is 0 Å². The predicted molar refractivity (Wildman–Crippen MR) is 133 cm³/mol. The first-order valence-corrected chi connectivity index (χ1v) is 13.0. The summed E-state index contributed by atoms with van der Waals surface area (Å²) >= 11 is 5.31. The zero-order valence-electron chi connectivity index (χ0n) is 19.6. The molecule has 1 aliphatic heterocycles. The number of carbonyl (C=O) groups excluding carboxylic acids is 4. The first kappa shape index (κ1) is 26.4. The lowest BCUT2D eigenvalue weighted by Gasteiger charge is -2.17. The number of fused-ring (bicyclic) bond motifs is 3. The van der Waals surface area contributed by atoms with Crippen LogP contribution in [0, 0.1) is 0 Å². The minimum absolute atomic E-state index is 0.00428. The van der Waals surface area contributed by atoms with Gasteiger partial charge < -0.3 is 14.8 Å². The van der Waals surface area contributed by atoms with Crippen molar-refractivity contribution in [3.8, 4) is 11.1 Å². The van der Waals surface area contributed by atoms with E-state index in [0.29, 0.717) is 45.3 Å². The number of anilines is 1. The van der Waals surface area contributed by atoms with Crippen LogP contribution < -0.4 is 5.32 Å². The van der Waals surface area contributed by atoms with Crippen LogP contribution in [0.5, 0.6) is 0 Å². The van der Waals surface area contributed by atoms with Crippen LogP contribution in [-0.4, -0.2) is 53.4 Å². The number of hydrogen-bond acceptors (Lipinski definition) is 9. The van der Waals surface area contributed by atoms with E-state index in [9.17, 15) is 32.1 Å². The fourth-order valence-corrected chi connectivity index (χ4v) is 4.91. The van der Waals surface area contributed by atoms with E-state index in [2.05, 4.69) is 5.32 Å². The van der Waals surface area contributed by atoms with Crippen molar-refractivity contribution in [2.24, 2.45) is 0 Å². The second-order valence-electron chi connectivity index (χ2n) is 8.56. The smallest absolute Gasteiger partial charge is 0.432 e. The predicted octanol–water partition coefficient (Wildman–Crippen LogP) is 3.37. The molecular formula is C24H22N2O9S2. The summed E-state index contributed by atoms with van der Waals surface area (Å²) in [6.45, 7) is 1.16. The molecule has 4 rings (SSSR count). The molecule has 2 N–H and O–H groups in total. The Bertz CT molecular complexity index is 1420. The van der Waals surface area contributed by atoms with Crippen LogP contribution in [0.25, 0.3) is 11.1 Å². The fraction of sp³-hybridized carbons (Fsp3) is 0.292. The number of rotatable bonds is 8. The molecule has 13 heteroatoms. The average molecular weight is 547 g/mol. The number of amides is 2. The van der Waals surface area contributed by atoms with E-state index < -0.39 is 34.0 Å². The number of hydroxylamine groups is 2. The van der Waals surface area contributed by atoms with Crippen molar-refractivity contribution in [2.75, 3.05) is 11.9 Å². The van der Waals surface area contributed by atoms with E-state index in [-0.39, 0.29) is 30.1 Å². The van der Waals surface area contributed by atoms with Crippen molar-refractivity contribution in [1.82, 2.24) is 5.06 Å². The molecule has 2 aromatic rings. The molecule has 2 aromatic carbocycles. The lowest BCUT2D eigenvalue weighted by atomic mass is 9.97. The van der Waals surface area contributed by atoms with Crippen LogP contribution in [0.15, 0.2) is 41.3 Å². The Morgan fingerprint density at radius 1 is 1.05 bits per heavy atom. The first-order valence-electron chi connectivity index (χ1n) is 11.2. The molecule has 2 aliphatic rings. The Hall–Kier alpha value is -3.68. The van der Waals surface area contributed by atoms with Crippen molar-refractivity contribution in [3.05, 3.63) is 47.5 Å². The van der Waals surface area contributed by atoms with Crippen LogP contribution in [0.4, 0.5) is 10.5 Å². The van der Waals surface area contributed by atoms with Gasteiger partial charge in [-0.1, -0.05) is 29.4 Å². The normalized spacial score (nSPS) is 16.3. The quantitative estimate of drug-likeness (QED) is 0.216. The third-order valence-electron chi connectivity index (χ3n) is 5.94. The molecule has 1 unspecified atom stereocenters. The molecule has 0 radical (unpaired) electrons. The summed E-state index contributed by atoms with van der Waals surface area (Å²) in [7, 11) is -4.50. The molecule has 2 amide bonds. The zero-order valence-corrected chi connectivity index (χ0v) is 21.2. The standard InChI is InChI=1S/C24H22N2O9S2/c1-13(27)2-7-21(36)25-14-3-5-16-17-6-4-15(37(31,32)33)11-19(17)20(18(16)10-14)12-34-24(30)35-26-22(28)8-9-23(26)29/h3-6,10-11,20H,2,7-9,12H2,1H3,(H,25,36)(H,31,32,33). The van der Waals surface area contributed by atoms with Crippen molar-refractivity contribution in [2.45, 2.75) is 43.4 Å². The van der Waals surface area contributed by atoms with Gasteiger partial charge in [0.1, 0.15) is 12.4 Å². The molecule has 0 bridgehead atoms. The van der Waals surface area contributed by atoms with Crippen LogP contribution in [0.2, 0.25) is 0 Å². The topological polar surface area (TPSA) is 156 Å². The maximum absolute atomic E-state index is 12.3. The van der Waals surface area contributed by atoms with Gasteiger partial charge in [-0.25, -0.2) is 4.79 Å². The van der Waals surface area contributed by atoms with Gasteiger partial charge >= 0.3 is 6.16 Å². The Kier molecular flexibility index (Phi) is 7.39. The third-order valence-corrected chi connectivity index (χ3v) is 7.10. The maximum Gasteiger partial charge on any atom is 0.533 e. The fourth-order valence-electron chi connectivity index (χ4n) is 4.18. The van der Waals surface area contributed by atoms with E-state index in [0.717, 1.165) is 5.56 Å². The van der Waals surface area contributed by atoms with E-state index in [4.69, 9.17) is 21.8 Å². The Labute approximate surface area is 217 Å². The number of nitrogens with zero attached hydrogens (tertiary/aromatic N) is 1. The van der Waals surface area contributed by atoms with Gasteiger partial charge in [0, 0.05) is 37.3 Å². The SMILES string of the molecule is CC(=O)CCC(=S)Nc1ccc2c(c1)C(COC(=O)ON1C(=O)CCC1=O)c1cc(S(=O)(=O)O)ccc1-2. The first-order chi connectivity index (χ1) is 17.4. The van der Waals surface area contributed by atoms with E-state index in [1.807, 2.05) is 0 Å². The van der Waals surface area contributed by atoms with E-state index in [1.54, 1.807) is 24.3 Å². The Balaban J connectivity index is 1.60. The highest BCUT2D eigenvalue weighted by molar-refractivity contribution is 7.85. The highest BCUT2D eigenvalue weighted by Crippen LogP contribution is 2.46. The number of benzene rings is 2. The molecule has 1 atom stereocenters. The molecule has 1 fully saturated rings. The summed E-state index contributed by atoms with van der Waals surface area (Å²) in [6.07, 6.45) is -0.757. The lowest BCUT2D eigenvalue weighted by Crippen LogP contribution is -2.32.